The maximum absolute atomic E-state index is 12.2. The fourth-order valence-corrected chi connectivity index (χ4v) is 3.22. The van der Waals surface area contributed by atoms with Gasteiger partial charge in [0.1, 0.15) is 6.61 Å². The first-order valence-corrected chi connectivity index (χ1v) is 9.49. The summed E-state index contributed by atoms with van der Waals surface area (Å²) in [6, 6.07) is 12.9. The van der Waals surface area contributed by atoms with Gasteiger partial charge in [-0.3, -0.25) is 4.79 Å². The van der Waals surface area contributed by atoms with Crippen LogP contribution in [-0.4, -0.2) is 38.7 Å². The molecule has 0 atom stereocenters. The minimum Gasteiger partial charge on any atom is -0.493 e. The molecule has 28 heavy (non-hydrogen) atoms. The lowest BCUT2D eigenvalue weighted by Crippen LogP contribution is -2.32. The standard InChI is InChI=1S/C22H25NO5/c1-26-19-8-4-5-9-20(19)27-13-12-23-21(24)15-28-22(25)18-11-10-16-6-2-3-7-17(16)14-18/h4-5,8-11,14H,2-3,6-7,12-13,15H2,1H3,(H,23,24). The number of benzene rings is 2. The highest BCUT2D eigenvalue weighted by molar-refractivity contribution is 5.91. The highest BCUT2D eigenvalue weighted by atomic mass is 16.5. The highest BCUT2D eigenvalue weighted by Gasteiger charge is 2.15. The Balaban J connectivity index is 1.39. The first-order valence-electron chi connectivity index (χ1n) is 9.49. The summed E-state index contributed by atoms with van der Waals surface area (Å²) in [6.45, 7) is 0.267. The van der Waals surface area contributed by atoms with Gasteiger partial charge in [-0.25, -0.2) is 4.79 Å². The second-order valence-corrected chi connectivity index (χ2v) is 6.62. The fraction of sp³-hybridized carbons (Fsp3) is 0.364. The molecule has 0 spiro atoms. The summed E-state index contributed by atoms with van der Waals surface area (Å²) in [7, 11) is 1.57. The molecule has 1 amide bonds. The third kappa shape index (κ3) is 5.25. The molecule has 0 aromatic heterocycles. The number of nitrogens with one attached hydrogen (secondary N) is 1. The number of methoxy groups -OCH3 is 1. The Kier molecular flexibility index (Phi) is 6.89. The summed E-state index contributed by atoms with van der Waals surface area (Å²) >= 11 is 0. The van der Waals surface area contributed by atoms with Gasteiger partial charge in [-0.15, -0.1) is 0 Å². The quantitative estimate of drug-likeness (QED) is 0.560. The number of hydrogen-bond donors (Lipinski definition) is 1. The zero-order valence-electron chi connectivity index (χ0n) is 16.0. The van der Waals surface area contributed by atoms with Crippen LogP contribution in [0.2, 0.25) is 0 Å². The van der Waals surface area contributed by atoms with Gasteiger partial charge in [-0.05, 0) is 61.1 Å². The molecule has 1 aliphatic rings. The predicted octanol–water partition coefficient (Wildman–Crippen LogP) is 2.93. The molecule has 1 N–H and O–H groups in total. The van der Waals surface area contributed by atoms with Crippen LogP contribution in [0.5, 0.6) is 11.5 Å². The average Bonchev–Trinajstić information content (AvgIpc) is 2.75. The second kappa shape index (κ2) is 9.78. The third-order valence-electron chi connectivity index (χ3n) is 4.67. The van der Waals surface area contributed by atoms with Gasteiger partial charge >= 0.3 is 5.97 Å². The van der Waals surface area contributed by atoms with Crippen LogP contribution in [0.25, 0.3) is 0 Å². The van der Waals surface area contributed by atoms with E-state index in [4.69, 9.17) is 14.2 Å². The molecular weight excluding hydrogens is 358 g/mol. The highest BCUT2D eigenvalue weighted by Crippen LogP contribution is 2.25. The summed E-state index contributed by atoms with van der Waals surface area (Å²) in [5.74, 6) is 0.398. The van der Waals surface area contributed by atoms with Gasteiger partial charge in [-0.1, -0.05) is 18.2 Å². The van der Waals surface area contributed by atoms with E-state index < -0.39 is 5.97 Å². The maximum atomic E-state index is 12.2. The van der Waals surface area contributed by atoms with E-state index in [-0.39, 0.29) is 19.1 Å². The third-order valence-corrected chi connectivity index (χ3v) is 4.67. The maximum Gasteiger partial charge on any atom is 0.338 e. The lowest BCUT2D eigenvalue weighted by atomic mass is 9.90. The van der Waals surface area contributed by atoms with Crippen LogP contribution in [0.1, 0.15) is 34.3 Å². The van der Waals surface area contributed by atoms with E-state index >= 15 is 0 Å². The number of rotatable bonds is 8. The second-order valence-electron chi connectivity index (χ2n) is 6.62. The van der Waals surface area contributed by atoms with Crippen LogP contribution in [0.3, 0.4) is 0 Å². The molecule has 0 unspecified atom stereocenters. The Morgan fingerprint density at radius 2 is 1.75 bits per heavy atom. The van der Waals surface area contributed by atoms with Crippen LogP contribution in [-0.2, 0) is 22.4 Å². The van der Waals surface area contributed by atoms with Crippen LogP contribution in [0.4, 0.5) is 0 Å². The van der Waals surface area contributed by atoms with E-state index in [1.807, 2.05) is 24.3 Å². The summed E-state index contributed by atoms with van der Waals surface area (Å²) in [6.07, 6.45) is 4.38. The van der Waals surface area contributed by atoms with Crippen molar-refractivity contribution in [1.82, 2.24) is 5.32 Å². The number of carbonyl (C=O) groups is 2. The molecule has 0 fully saturated rings. The molecule has 0 saturated carbocycles. The molecule has 0 radical (unpaired) electrons. The molecule has 6 heteroatoms. The molecule has 148 valence electrons. The summed E-state index contributed by atoms with van der Waals surface area (Å²) in [5.41, 5.74) is 3.00. The normalized spacial score (nSPS) is 12.6. The SMILES string of the molecule is COc1ccccc1OCCNC(=O)COC(=O)c1ccc2c(c1)CCCC2. The monoisotopic (exact) mass is 383 g/mol. The first kappa shape index (κ1) is 19.7. The van der Waals surface area contributed by atoms with Gasteiger partial charge in [-0.2, -0.15) is 0 Å². The number of esters is 1. The zero-order valence-corrected chi connectivity index (χ0v) is 16.0. The molecule has 0 aliphatic heterocycles. The average molecular weight is 383 g/mol. The van der Waals surface area contributed by atoms with Gasteiger partial charge in [0, 0.05) is 0 Å². The largest absolute Gasteiger partial charge is 0.493 e. The number of aryl methyl sites for hydroxylation is 2. The summed E-state index contributed by atoms with van der Waals surface area (Å²) in [4.78, 5) is 24.1. The van der Waals surface area contributed by atoms with Gasteiger partial charge in [0.05, 0.1) is 19.2 Å². The molecule has 1 aliphatic carbocycles. The number of fused-ring (bicyclic) bond motifs is 1. The first-order chi connectivity index (χ1) is 13.7. The number of carbonyl (C=O) groups excluding carboxylic acids is 2. The molecule has 2 aromatic rings. The predicted molar refractivity (Wildman–Crippen MR) is 105 cm³/mol. The summed E-state index contributed by atoms with van der Waals surface area (Å²) in [5, 5.41) is 2.67. The van der Waals surface area contributed by atoms with Crippen molar-refractivity contribution < 1.29 is 23.8 Å². The van der Waals surface area contributed by atoms with Crippen molar-refractivity contribution in [2.75, 3.05) is 26.9 Å². The van der Waals surface area contributed by atoms with Crippen molar-refractivity contribution in [3.8, 4) is 11.5 Å². The van der Waals surface area contributed by atoms with Crippen LogP contribution in [0.15, 0.2) is 42.5 Å². The lowest BCUT2D eigenvalue weighted by molar-refractivity contribution is -0.124. The van der Waals surface area contributed by atoms with Crippen molar-refractivity contribution in [1.29, 1.82) is 0 Å². The van der Waals surface area contributed by atoms with Crippen LogP contribution < -0.4 is 14.8 Å². The van der Waals surface area contributed by atoms with Crippen molar-refractivity contribution in [3.05, 3.63) is 59.2 Å². The Hall–Kier alpha value is -3.02. The number of para-hydroxylation sites is 2. The topological polar surface area (TPSA) is 73.9 Å². The lowest BCUT2D eigenvalue weighted by Gasteiger charge is -2.16. The smallest absolute Gasteiger partial charge is 0.338 e. The summed E-state index contributed by atoms with van der Waals surface area (Å²) < 4.78 is 15.9. The molecule has 0 bridgehead atoms. The Bertz CT molecular complexity index is 833. The Morgan fingerprint density at radius 3 is 2.54 bits per heavy atom. The van der Waals surface area contributed by atoms with E-state index in [9.17, 15) is 9.59 Å². The molecule has 3 rings (SSSR count). The Morgan fingerprint density at radius 1 is 1.00 bits per heavy atom. The van der Waals surface area contributed by atoms with Gasteiger partial charge in [0.15, 0.2) is 18.1 Å². The van der Waals surface area contributed by atoms with Crippen LogP contribution >= 0.6 is 0 Å². The van der Waals surface area contributed by atoms with Crippen LogP contribution in [0, 0.1) is 0 Å². The minimum absolute atomic E-state index is 0.283. The minimum atomic E-state index is -0.478. The van der Waals surface area contributed by atoms with E-state index in [0.717, 1.165) is 19.3 Å². The molecule has 0 heterocycles. The van der Waals surface area contributed by atoms with Gasteiger partial charge in [0.25, 0.3) is 5.91 Å². The molecule has 0 saturated heterocycles. The van der Waals surface area contributed by atoms with E-state index in [1.54, 1.807) is 25.3 Å². The number of ether oxygens (including phenoxy) is 3. The van der Waals surface area contributed by atoms with E-state index in [1.165, 1.54) is 17.5 Å². The number of amides is 1. The Labute approximate surface area is 164 Å². The molecule has 6 nitrogen and oxygen atoms in total. The zero-order chi connectivity index (χ0) is 19.8. The van der Waals surface area contributed by atoms with Crippen molar-refractivity contribution in [2.45, 2.75) is 25.7 Å². The van der Waals surface area contributed by atoms with E-state index in [2.05, 4.69) is 5.32 Å². The van der Waals surface area contributed by atoms with E-state index in [0.29, 0.717) is 23.6 Å². The number of hydrogen-bond acceptors (Lipinski definition) is 5. The van der Waals surface area contributed by atoms with Crippen molar-refractivity contribution in [3.63, 3.8) is 0 Å². The molecule has 2 aromatic carbocycles. The van der Waals surface area contributed by atoms with Crippen molar-refractivity contribution >= 4 is 11.9 Å². The van der Waals surface area contributed by atoms with Gasteiger partial charge in [0.2, 0.25) is 0 Å². The molecular formula is C22H25NO5. The fourth-order valence-electron chi connectivity index (χ4n) is 3.22. The van der Waals surface area contributed by atoms with Crippen molar-refractivity contribution in [2.24, 2.45) is 0 Å². The van der Waals surface area contributed by atoms with Gasteiger partial charge < -0.3 is 19.5 Å².